The average Bonchev–Trinajstić information content (AvgIpc) is 2.60. The third-order valence-electron chi connectivity index (χ3n) is 4.25. The lowest BCUT2D eigenvalue weighted by molar-refractivity contribution is -0.121. The molecule has 6 heteroatoms. The number of hydrogen-bond acceptors (Lipinski definition) is 3. The van der Waals surface area contributed by atoms with Crippen molar-refractivity contribution in [2.75, 3.05) is 11.9 Å². The minimum absolute atomic E-state index is 0.280. The largest absolute Gasteiger partial charge is 0.384 e. The maximum absolute atomic E-state index is 14.0. The van der Waals surface area contributed by atoms with Gasteiger partial charge in [0.1, 0.15) is 17.2 Å². The molecule has 4 nitrogen and oxygen atoms in total. The molecule has 0 saturated heterocycles. The fraction of sp³-hybridized carbons (Fsp3) is 0.200. The second-order valence-corrected chi connectivity index (χ2v) is 6.26. The van der Waals surface area contributed by atoms with Crippen LogP contribution in [0.1, 0.15) is 11.3 Å². The van der Waals surface area contributed by atoms with Crippen LogP contribution in [0, 0.1) is 24.5 Å². The fourth-order valence-corrected chi connectivity index (χ4v) is 2.90. The summed E-state index contributed by atoms with van der Waals surface area (Å²) < 4.78 is 27.0. The van der Waals surface area contributed by atoms with Crippen molar-refractivity contribution in [3.8, 4) is 0 Å². The van der Waals surface area contributed by atoms with Crippen molar-refractivity contribution in [1.82, 2.24) is 4.98 Å². The molecule has 0 aliphatic carbocycles. The van der Waals surface area contributed by atoms with E-state index in [1.807, 2.05) is 0 Å². The number of aryl methyl sites for hydroxylation is 1. The number of nitrogens with one attached hydrogen (secondary N) is 1. The van der Waals surface area contributed by atoms with Gasteiger partial charge in [0.25, 0.3) is 0 Å². The zero-order valence-corrected chi connectivity index (χ0v) is 14.3. The third kappa shape index (κ3) is 3.96. The Hall–Kier alpha value is -3.02. The number of anilines is 1. The zero-order chi connectivity index (χ0) is 18.7. The summed E-state index contributed by atoms with van der Waals surface area (Å²) >= 11 is 0. The van der Waals surface area contributed by atoms with Crippen molar-refractivity contribution in [2.45, 2.75) is 13.3 Å². The molecule has 1 aromatic heterocycles. The Labute approximate surface area is 150 Å². The summed E-state index contributed by atoms with van der Waals surface area (Å²) in [6.07, 6.45) is 0.388. The van der Waals surface area contributed by atoms with E-state index in [-0.39, 0.29) is 17.9 Å². The van der Waals surface area contributed by atoms with Crippen LogP contribution in [0.3, 0.4) is 0 Å². The van der Waals surface area contributed by atoms with Gasteiger partial charge in [0.15, 0.2) is 0 Å². The Kier molecular flexibility index (Phi) is 5.11. The molecule has 1 amide bonds. The Morgan fingerprint density at radius 1 is 1.19 bits per heavy atom. The lowest BCUT2D eigenvalue weighted by Crippen LogP contribution is -2.31. The first-order chi connectivity index (χ1) is 12.4. The zero-order valence-electron chi connectivity index (χ0n) is 14.3. The van der Waals surface area contributed by atoms with Gasteiger partial charge in [-0.15, -0.1) is 0 Å². The summed E-state index contributed by atoms with van der Waals surface area (Å²) in [5.41, 5.74) is 7.98. The molecule has 0 spiro atoms. The molecular formula is C20H19F2N3O. The number of aromatic nitrogens is 1. The molecule has 26 heavy (non-hydrogen) atoms. The van der Waals surface area contributed by atoms with E-state index in [1.54, 1.807) is 37.3 Å². The lowest BCUT2D eigenvalue weighted by atomic mass is 9.98. The molecule has 1 atom stereocenters. The number of carbonyl (C=O) groups is 1. The van der Waals surface area contributed by atoms with Crippen LogP contribution in [-0.4, -0.2) is 17.4 Å². The van der Waals surface area contributed by atoms with Crippen LogP contribution in [0.5, 0.6) is 0 Å². The van der Waals surface area contributed by atoms with Gasteiger partial charge in [-0.2, -0.15) is 0 Å². The highest BCUT2D eigenvalue weighted by Crippen LogP contribution is 2.25. The first kappa shape index (κ1) is 17.8. The van der Waals surface area contributed by atoms with E-state index in [0.717, 1.165) is 5.56 Å². The third-order valence-corrected chi connectivity index (χ3v) is 4.25. The second-order valence-electron chi connectivity index (χ2n) is 6.26. The van der Waals surface area contributed by atoms with Crippen LogP contribution >= 0.6 is 0 Å². The van der Waals surface area contributed by atoms with Crippen molar-refractivity contribution >= 4 is 22.5 Å². The number of fused-ring (bicyclic) bond motifs is 1. The molecule has 0 aliphatic heterocycles. The highest BCUT2D eigenvalue weighted by Gasteiger charge is 2.17. The quantitative estimate of drug-likeness (QED) is 0.710. The van der Waals surface area contributed by atoms with Crippen molar-refractivity contribution in [3.05, 3.63) is 71.4 Å². The summed E-state index contributed by atoms with van der Waals surface area (Å²) in [5, 5.41) is 3.83. The second kappa shape index (κ2) is 7.47. The van der Waals surface area contributed by atoms with Gasteiger partial charge in [-0.25, -0.2) is 13.8 Å². The Morgan fingerprint density at radius 3 is 2.62 bits per heavy atom. The number of primary amides is 1. The smallest absolute Gasteiger partial charge is 0.222 e. The first-order valence-electron chi connectivity index (χ1n) is 8.27. The summed E-state index contributed by atoms with van der Waals surface area (Å²) in [5.74, 6) is -1.67. The monoisotopic (exact) mass is 355 g/mol. The predicted molar refractivity (Wildman–Crippen MR) is 97.7 cm³/mol. The van der Waals surface area contributed by atoms with E-state index < -0.39 is 17.6 Å². The number of pyridine rings is 1. The molecule has 1 heterocycles. The number of nitrogens with zero attached hydrogens (tertiary/aromatic N) is 1. The van der Waals surface area contributed by atoms with E-state index in [4.69, 9.17) is 5.73 Å². The lowest BCUT2D eigenvalue weighted by Gasteiger charge is -2.17. The summed E-state index contributed by atoms with van der Waals surface area (Å²) in [6.45, 7) is 2.06. The molecule has 3 aromatic rings. The highest BCUT2D eigenvalue weighted by atomic mass is 19.1. The van der Waals surface area contributed by atoms with Gasteiger partial charge in [0.05, 0.1) is 5.92 Å². The normalized spacial score (nSPS) is 12.1. The molecule has 0 radical (unpaired) electrons. The minimum Gasteiger partial charge on any atom is -0.384 e. The van der Waals surface area contributed by atoms with E-state index in [2.05, 4.69) is 10.3 Å². The minimum atomic E-state index is -0.488. The molecule has 134 valence electrons. The van der Waals surface area contributed by atoms with E-state index in [1.165, 1.54) is 18.2 Å². The molecule has 2 aromatic carbocycles. The summed E-state index contributed by atoms with van der Waals surface area (Å²) in [6, 6.07) is 12.5. The molecule has 0 saturated carbocycles. The highest BCUT2D eigenvalue weighted by molar-refractivity contribution is 5.92. The number of rotatable bonds is 6. The van der Waals surface area contributed by atoms with Crippen molar-refractivity contribution < 1.29 is 13.6 Å². The molecule has 3 N–H and O–H groups in total. The number of amides is 1. The molecule has 0 fully saturated rings. The summed E-state index contributed by atoms with van der Waals surface area (Å²) in [4.78, 5) is 16.0. The molecule has 0 aliphatic rings. The van der Waals surface area contributed by atoms with Gasteiger partial charge in [-0.3, -0.25) is 4.79 Å². The number of benzene rings is 2. The Bertz CT molecular complexity index is 942. The number of hydrogen-bond donors (Lipinski definition) is 2. The van der Waals surface area contributed by atoms with Crippen LogP contribution in [-0.2, 0) is 11.2 Å². The van der Waals surface area contributed by atoms with Gasteiger partial charge in [0, 0.05) is 23.3 Å². The van der Waals surface area contributed by atoms with Crippen LogP contribution in [0.15, 0.2) is 48.5 Å². The van der Waals surface area contributed by atoms with Crippen molar-refractivity contribution in [1.29, 1.82) is 0 Å². The van der Waals surface area contributed by atoms with Crippen LogP contribution in [0.25, 0.3) is 10.9 Å². The van der Waals surface area contributed by atoms with Crippen molar-refractivity contribution in [2.24, 2.45) is 11.7 Å². The summed E-state index contributed by atoms with van der Waals surface area (Å²) in [7, 11) is 0. The predicted octanol–water partition coefficient (Wildman–Crippen LogP) is 3.58. The van der Waals surface area contributed by atoms with Gasteiger partial charge in [-0.1, -0.05) is 24.3 Å². The first-order valence-corrected chi connectivity index (χ1v) is 8.27. The fourth-order valence-electron chi connectivity index (χ4n) is 2.90. The number of halogens is 2. The SMILES string of the molecule is Cc1cc(NCC(Cc2ccc(F)cc2)C(N)=O)c2cccc(F)c2n1. The van der Waals surface area contributed by atoms with Crippen molar-refractivity contribution in [3.63, 3.8) is 0 Å². The van der Waals surface area contributed by atoms with E-state index >= 15 is 0 Å². The van der Waals surface area contributed by atoms with Crippen LogP contribution < -0.4 is 11.1 Å². The maximum Gasteiger partial charge on any atom is 0.222 e. The van der Waals surface area contributed by atoms with Gasteiger partial charge in [0.2, 0.25) is 5.91 Å². The topological polar surface area (TPSA) is 68.0 Å². The molecule has 3 rings (SSSR count). The molecule has 1 unspecified atom stereocenters. The van der Waals surface area contributed by atoms with E-state index in [0.29, 0.717) is 23.2 Å². The van der Waals surface area contributed by atoms with Gasteiger partial charge < -0.3 is 11.1 Å². The maximum atomic E-state index is 14.0. The van der Waals surface area contributed by atoms with Crippen LogP contribution in [0.2, 0.25) is 0 Å². The number of nitrogens with two attached hydrogens (primary N) is 1. The van der Waals surface area contributed by atoms with E-state index in [9.17, 15) is 13.6 Å². The standard InChI is InChI=1S/C20H19F2N3O/c1-12-9-18(16-3-2-4-17(22)19(16)25-12)24-11-14(20(23)26)10-13-5-7-15(21)8-6-13/h2-9,14H,10-11H2,1H3,(H2,23,26)(H,24,25). The number of para-hydroxylation sites is 1. The molecule has 0 bridgehead atoms. The molecular weight excluding hydrogens is 336 g/mol. The van der Waals surface area contributed by atoms with Gasteiger partial charge >= 0.3 is 0 Å². The van der Waals surface area contributed by atoms with Crippen LogP contribution in [0.4, 0.5) is 14.5 Å². The van der Waals surface area contributed by atoms with Gasteiger partial charge in [-0.05, 0) is 43.2 Å². The average molecular weight is 355 g/mol. The Morgan fingerprint density at radius 2 is 1.92 bits per heavy atom. The number of carbonyl (C=O) groups excluding carboxylic acids is 1. The Balaban J connectivity index is 1.81.